The van der Waals surface area contributed by atoms with E-state index in [-0.39, 0.29) is 5.91 Å². The molecule has 0 aromatic carbocycles. The van der Waals surface area contributed by atoms with Crippen LogP contribution in [-0.4, -0.2) is 51.7 Å². The first-order valence-corrected chi connectivity index (χ1v) is 10.3. The summed E-state index contributed by atoms with van der Waals surface area (Å²) in [6.45, 7) is 7.73. The molecule has 1 saturated heterocycles. The molecule has 2 aliphatic rings. The van der Waals surface area contributed by atoms with Crippen molar-refractivity contribution in [2.75, 3.05) is 26.2 Å². The smallest absolute Gasteiger partial charge is 0.272 e. The fourth-order valence-electron chi connectivity index (χ4n) is 4.04. The number of hydrogen-bond donors (Lipinski definition) is 0. The molecule has 4 rings (SSSR count). The number of rotatable bonds is 4. The molecule has 0 radical (unpaired) electrons. The van der Waals surface area contributed by atoms with Crippen molar-refractivity contribution in [3.63, 3.8) is 0 Å². The van der Waals surface area contributed by atoms with Crippen LogP contribution in [-0.2, 0) is 13.1 Å². The summed E-state index contributed by atoms with van der Waals surface area (Å²) in [6.07, 6.45) is 3.36. The van der Waals surface area contributed by atoms with E-state index in [4.69, 9.17) is 5.10 Å². The van der Waals surface area contributed by atoms with E-state index < -0.39 is 0 Å². The summed E-state index contributed by atoms with van der Waals surface area (Å²) < 4.78 is 1.95. The minimum atomic E-state index is 0.143. The Morgan fingerprint density at radius 3 is 3.00 bits per heavy atom. The van der Waals surface area contributed by atoms with E-state index in [0.29, 0.717) is 5.92 Å². The molecule has 0 bridgehead atoms. The Labute approximate surface area is 153 Å². The molecular weight excluding hydrogens is 332 g/mol. The van der Waals surface area contributed by atoms with Gasteiger partial charge in [0, 0.05) is 38.6 Å². The SMILES string of the molecule is CCN1CCCn2nc(C3CCCN(Cc4ccsc4)C3)cc2C1=O. The van der Waals surface area contributed by atoms with Crippen LogP contribution < -0.4 is 0 Å². The molecule has 134 valence electrons. The van der Waals surface area contributed by atoms with Crippen LogP contribution in [0.25, 0.3) is 0 Å². The highest BCUT2D eigenvalue weighted by atomic mass is 32.1. The highest BCUT2D eigenvalue weighted by Gasteiger charge is 2.28. The van der Waals surface area contributed by atoms with Gasteiger partial charge in [-0.05, 0) is 61.2 Å². The quantitative estimate of drug-likeness (QED) is 0.843. The Morgan fingerprint density at radius 2 is 2.20 bits per heavy atom. The lowest BCUT2D eigenvalue weighted by atomic mass is 9.94. The average Bonchev–Trinajstić information content (AvgIpc) is 3.26. The van der Waals surface area contributed by atoms with Gasteiger partial charge >= 0.3 is 0 Å². The van der Waals surface area contributed by atoms with Crippen molar-refractivity contribution in [1.29, 1.82) is 0 Å². The average molecular weight is 359 g/mol. The molecule has 6 heteroatoms. The fourth-order valence-corrected chi connectivity index (χ4v) is 4.70. The van der Waals surface area contributed by atoms with Crippen LogP contribution >= 0.6 is 11.3 Å². The number of carbonyl (C=O) groups excluding carboxylic acids is 1. The Morgan fingerprint density at radius 1 is 1.28 bits per heavy atom. The number of likely N-dealkylation sites (tertiary alicyclic amines) is 1. The van der Waals surface area contributed by atoms with Crippen molar-refractivity contribution in [1.82, 2.24) is 19.6 Å². The molecule has 0 saturated carbocycles. The van der Waals surface area contributed by atoms with Crippen LogP contribution in [0.2, 0.25) is 0 Å². The van der Waals surface area contributed by atoms with Crippen LogP contribution in [0.3, 0.4) is 0 Å². The van der Waals surface area contributed by atoms with E-state index in [1.807, 2.05) is 16.5 Å². The lowest BCUT2D eigenvalue weighted by Gasteiger charge is -2.31. The molecule has 2 aromatic rings. The number of aryl methyl sites for hydroxylation is 1. The zero-order valence-corrected chi connectivity index (χ0v) is 15.7. The zero-order chi connectivity index (χ0) is 17.2. The molecule has 25 heavy (non-hydrogen) atoms. The van der Waals surface area contributed by atoms with Crippen LogP contribution in [0, 0.1) is 0 Å². The highest BCUT2D eigenvalue weighted by molar-refractivity contribution is 7.07. The number of nitrogens with zero attached hydrogens (tertiary/aromatic N) is 4. The highest BCUT2D eigenvalue weighted by Crippen LogP contribution is 2.28. The largest absolute Gasteiger partial charge is 0.338 e. The van der Waals surface area contributed by atoms with Crippen LogP contribution in [0.1, 0.15) is 53.8 Å². The second kappa shape index (κ2) is 7.30. The fraction of sp³-hybridized carbons (Fsp3) is 0.579. The van der Waals surface area contributed by atoms with Gasteiger partial charge in [-0.3, -0.25) is 14.4 Å². The van der Waals surface area contributed by atoms with E-state index in [0.717, 1.165) is 57.1 Å². The van der Waals surface area contributed by atoms with E-state index in [2.05, 4.69) is 27.8 Å². The van der Waals surface area contributed by atoms with Gasteiger partial charge in [0.05, 0.1) is 5.69 Å². The van der Waals surface area contributed by atoms with E-state index >= 15 is 0 Å². The van der Waals surface area contributed by atoms with E-state index in [1.54, 1.807) is 11.3 Å². The van der Waals surface area contributed by atoms with Gasteiger partial charge in [0.2, 0.25) is 0 Å². The minimum Gasteiger partial charge on any atom is -0.338 e. The molecule has 5 nitrogen and oxygen atoms in total. The molecule has 0 spiro atoms. The van der Waals surface area contributed by atoms with Crippen molar-refractivity contribution in [2.45, 2.75) is 45.2 Å². The number of piperidine rings is 1. The number of hydrogen-bond acceptors (Lipinski definition) is 4. The third kappa shape index (κ3) is 3.51. The predicted octanol–water partition coefficient (Wildman–Crippen LogP) is 3.19. The van der Waals surface area contributed by atoms with Crippen LogP contribution in [0.15, 0.2) is 22.9 Å². The zero-order valence-electron chi connectivity index (χ0n) is 14.9. The Balaban J connectivity index is 1.50. The standard InChI is InChI=1S/C19H26N4OS/c1-2-22-8-4-9-23-18(19(22)24)11-17(20-23)16-5-3-7-21(13-16)12-15-6-10-25-14-15/h6,10-11,14,16H,2-5,7-9,12-13H2,1H3. The van der Waals surface area contributed by atoms with Crippen molar-refractivity contribution in [2.24, 2.45) is 0 Å². The summed E-state index contributed by atoms with van der Waals surface area (Å²) in [5.41, 5.74) is 3.29. The predicted molar refractivity (Wildman–Crippen MR) is 100.0 cm³/mol. The molecule has 1 fully saturated rings. The topological polar surface area (TPSA) is 41.4 Å². The Bertz CT molecular complexity index is 724. The van der Waals surface area contributed by atoms with Gasteiger partial charge in [-0.15, -0.1) is 0 Å². The maximum atomic E-state index is 12.7. The van der Waals surface area contributed by atoms with Gasteiger partial charge in [-0.2, -0.15) is 16.4 Å². The summed E-state index contributed by atoms with van der Waals surface area (Å²) in [5.74, 6) is 0.583. The second-order valence-corrected chi connectivity index (χ2v) is 7.90. The third-order valence-corrected chi connectivity index (χ3v) is 6.13. The molecule has 0 aliphatic carbocycles. The normalized spacial score (nSPS) is 22.0. The Hall–Kier alpha value is -1.66. The van der Waals surface area contributed by atoms with Crippen molar-refractivity contribution in [3.05, 3.63) is 39.8 Å². The molecular formula is C19H26N4OS. The molecule has 1 atom stereocenters. The molecule has 2 aromatic heterocycles. The van der Waals surface area contributed by atoms with Crippen molar-refractivity contribution in [3.8, 4) is 0 Å². The summed E-state index contributed by atoms with van der Waals surface area (Å²) in [7, 11) is 0. The second-order valence-electron chi connectivity index (χ2n) is 7.12. The first-order chi connectivity index (χ1) is 12.2. The maximum absolute atomic E-state index is 12.7. The van der Waals surface area contributed by atoms with Gasteiger partial charge < -0.3 is 4.90 Å². The number of thiophene rings is 1. The Kier molecular flexibility index (Phi) is 4.90. The minimum absolute atomic E-state index is 0.143. The van der Waals surface area contributed by atoms with Gasteiger partial charge in [0.25, 0.3) is 5.91 Å². The number of carbonyl (C=O) groups is 1. The van der Waals surface area contributed by atoms with Gasteiger partial charge in [-0.25, -0.2) is 0 Å². The number of amides is 1. The van der Waals surface area contributed by atoms with Crippen molar-refractivity contribution < 1.29 is 4.79 Å². The van der Waals surface area contributed by atoms with Crippen molar-refractivity contribution >= 4 is 17.2 Å². The lowest BCUT2D eigenvalue weighted by molar-refractivity contribution is 0.0766. The first-order valence-electron chi connectivity index (χ1n) is 9.35. The molecule has 4 heterocycles. The monoisotopic (exact) mass is 358 g/mol. The molecule has 2 aliphatic heterocycles. The molecule has 0 N–H and O–H groups in total. The third-order valence-electron chi connectivity index (χ3n) is 5.39. The summed E-state index contributed by atoms with van der Waals surface area (Å²) in [4.78, 5) is 17.2. The lowest BCUT2D eigenvalue weighted by Crippen LogP contribution is -2.34. The van der Waals surface area contributed by atoms with E-state index in [9.17, 15) is 4.79 Å². The van der Waals surface area contributed by atoms with Gasteiger partial charge in [0.1, 0.15) is 5.69 Å². The van der Waals surface area contributed by atoms with Crippen LogP contribution in [0.5, 0.6) is 0 Å². The van der Waals surface area contributed by atoms with Crippen LogP contribution in [0.4, 0.5) is 0 Å². The van der Waals surface area contributed by atoms with Gasteiger partial charge in [-0.1, -0.05) is 0 Å². The first kappa shape index (κ1) is 16.8. The summed E-state index contributed by atoms with van der Waals surface area (Å²) in [6, 6.07) is 4.28. The number of fused-ring (bicyclic) bond motifs is 1. The summed E-state index contributed by atoms with van der Waals surface area (Å²) in [5, 5.41) is 9.21. The maximum Gasteiger partial charge on any atom is 0.272 e. The molecule has 1 amide bonds. The number of aromatic nitrogens is 2. The van der Waals surface area contributed by atoms with E-state index in [1.165, 1.54) is 18.4 Å². The van der Waals surface area contributed by atoms with Gasteiger partial charge in [0.15, 0.2) is 0 Å². The summed E-state index contributed by atoms with van der Waals surface area (Å²) >= 11 is 1.76. The molecule has 1 unspecified atom stereocenters.